The van der Waals surface area contributed by atoms with Crippen LogP contribution < -0.4 is 0 Å². The van der Waals surface area contributed by atoms with Gasteiger partial charge in [-0.15, -0.1) is 0 Å². The van der Waals surface area contributed by atoms with E-state index >= 15 is 0 Å². The average Bonchev–Trinajstić information content (AvgIpc) is 3.04. The molecular weight excluding hydrogens is 254 g/mol. The number of carbonyl (C=O) groups is 2. The van der Waals surface area contributed by atoms with Gasteiger partial charge in [0.25, 0.3) is 5.91 Å². The first kappa shape index (κ1) is 12.2. The molecule has 20 heavy (non-hydrogen) atoms. The highest BCUT2D eigenvalue weighted by molar-refractivity contribution is 6.09. The van der Waals surface area contributed by atoms with E-state index in [1.165, 1.54) is 25.5 Å². The van der Waals surface area contributed by atoms with Crippen LogP contribution in [0.3, 0.4) is 0 Å². The smallest absolute Gasteiger partial charge is 0.257 e. The number of amides is 1. The Hall–Kier alpha value is -1.58. The summed E-state index contributed by atoms with van der Waals surface area (Å²) in [7, 11) is 0. The van der Waals surface area contributed by atoms with Crippen LogP contribution in [-0.4, -0.2) is 29.7 Å². The number of piperidine rings is 1. The van der Waals surface area contributed by atoms with E-state index < -0.39 is 0 Å². The Morgan fingerprint density at radius 2 is 2.05 bits per heavy atom. The minimum absolute atomic E-state index is 0.00350. The summed E-state index contributed by atoms with van der Waals surface area (Å²) in [6, 6.07) is 0. The van der Waals surface area contributed by atoms with Crippen molar-refractivity contribution in [3.8, 4) is 0 Å². The maximum Gasteiger partial charge on any atom is 0.257 e. The van der Waals surface area contributed by atoms with Crippen LogP contribution >= 0.6 is 0 Å². The van der Waals surface area contributed by atoms with Crippen molar-refractivity contribution < 1.29 is 14.0 Å². The molecule has 106 valence electrons. The topological polar surface area (TPSA) is 50.5 Å². The molecule has 3 aliphatic rings. The number of aryl methyl sites for hydroxylation is 1. The van der Waals surface area contributed by atoms with E-state index in [0.717, 1.165) is 32.4 Å². The van der Waals surface area contributed by atoms with Crippen molar-refractivity contribution in [3.63, 3.8) is 0 Å². The Labute approximate surface area is 118 Å². The second-order valence-electron chi connectivity index (χ2n) is 6.55. The summed E-state index contributed by atoms with van der Waals surface area (Å²) in [6.07, 6.45) is 8.48. The molecule has 1 aliphatic heterocycles. The summed E-state index contributed by atoms with van der Waals surface area (Å²) in [4.78, 5) is 26.7. The normalized spacial score (nSPS) is 23.8. The largest absolute Gasteiger partial charge is 0.468 e. The van der Waals surface area contributed by atoms with E-state index in [0.29, 0.717) is 28.7 Å². The van der Waals surface area contributed by atoms with Crippen molar-refractivity contribution in [1.29, 1.82) is 0 Å². The van der Waals surface area contributed by atoms with Gasteiger partial charge in [0.15, 0.2) is 5.78 Å². The lowest BCUT2D eigenvalue weighted by atomic mass is 9.92. The molecule has 0 radical (unpaired) electrons. The molecule has 1 spiro atoms. The number of likely N-dealkylation sites (tertiary alicyclic amines) is 1. The molecule has 1 aromatic heterocycles. The van der Waals surface area contributed by atoms with Crippen LogP contribution in [0.5, 0.6) is 0 Å². The monoisotopic (exact) mass is 273 g/mol. The summed E-state index contributed by atoms with van der Waals surface area (Å²) in [5.74, 6) is 0.778. The number of hydrogen-bond acceptors (Lipinski definition) is 3. The van der Waals surface area contributed by atoms with Gasteiger partial charge in [-0.05, 0) is 37.5 Å². The first-order valence-electron chi connectivity index (χ1n) is 7.61. The van der Waals surface area contributed by atoms with Crippen molar-refractivity contribution >= 4 is 11.7 Å². The molecule has 4 nitrogen and oxygen atoms in total. The van der Waals surface area contributed by atoms with Gasteiger partial charge in [-0.1, -0.05) is 0 Å². The highest BCUT2D eigenvalue weighted by Crippen LogP contribution is 2.52. The SMILES string of the molecule is O=C1CCCc2occ(C(=O)N3CCCC4(CC4)C3)c21. The van der Waals surface area contributed by atoms with Crippen LogP contribution in [0.25, 0.3) is 0 Å². The minimum atomic E-state index is -0.00350. The van der Waals surface area contributed by atoms with E-state index in [-0.39, 0.29) is 11.7 Å². The summed E-state index contributed by atoms with van der Waals surface area (Å²) in [6.45, 7) is 1.68. The lowest BCUT2D eigenvalue weighted by molar-refractivity contribution is 0.0650. The fourth-order valence-corrected chi connectivity index (χ4v) is 3.72. The maximum atomic E-state index is 12.7. The molecule has 2 fully saturated rings. The molecule has 1 saturated carbocycles. The van der Waals surface area contributed by atoms with Gasteiger partial charge in [-0.3, -0.25) is 9.59 Å². The Balaban J connectivity index is 1.62. The van der Waals surface area contributed by atoms with Gasteiger partial charge in [0.2, 0.25) is 0 Å². The highest BCUT2D eigenvalue weighted by Gasteiger charge is 2.46. The molecule has 0 N–H and O–H groups in total. The molecule has 2 heterocycles. The van der Waals surface area contributed by atoms with Crippen LogP contribution in [0, 0.1) is 5.41 Å². The molecule has 4 heteroatoms. The zero-order chi connectivity index (χ0) is 13.7. The molecule has 0 atom stereocenters. The zero-order valence-corrected chi connectivity index (χ0v) is 11.6. The second-order valence-corrected chi connectivity index (χ2v) is 6.55. The Bertz CT molecular complexity index is 583. The first-order valence-corrected chi connectivity index (χ1v) is 7.61. The second kappa shape index (κ2) is 4.21. The first-order chi connectivity index (χ1) is 9.69. The number of rotatable bonds is 1. The molecule has 0 unspecified atom stereocenters. The van der Waals surface area contributed by atoms with Crippen LogP contribution in [-0.2, 0) is 6.42 Å². The number of furan rings is 1. The predicted octanol–water partition coefficient (Wildman–Crippen LogP) is 2.81. The third-order valence-electron chi connectivity index (χ3n) is 5.09. The molecule has 0 bridgehead atoms. The number of fused-ring (bicyclic) bond motifs is 1. The molecule has 4 rings (SSSR count). The molecule has 1 saturated heterocycles. The molecule has 2 aliphatic carbocycles. The van der Waals surface area contributed by atoms with E-state index in [4.69, 9.17) is 4.42 Å². The molecule has 1 amide bonds. The number of Topliss-reactive ketones (excluding diaryl/α,β-unsaturated/α-hetero) is 1. The predicted molar refractivity (Wildman–Crippen MR) is 72.8 cm³/mol. The summed E-state index contributed by atoms with van der Waals surface area (Å²) >= 11 is 0. The van der Waals surface area contributed by atoms with Crippen LogP contribution in [0.1, 0.15) is 65.0 Å². The van der Waals surface area contributed by atoms with Gasteiger partial charge >= 0.3 is 0 Å². The average molecular weight is 273 g/mol. The van der Waals surface area contributed by atoms with Crippen molar-refractivity contribution in [1.82, 2.24) is 4.90 Å². The lowest BCUT2D eigenvalue weighted by Gasteiger charge is -2.33. The zero-order valence-electron chi connectivity index (χ0n) is 11.6. The maximum absolute atomic E-state index is 12.7. The third kappa shape index (κ3) is 1.81. The minimum Gasteiger partial charge on any atom is -0.468 e. The van der Waals surface area contributed by atoms with Crippen molar-refractivity contribution in [2.24, 2.45) is 5.41 Å². The molecule has 0 aromatic carbocycles. The van der Waals surface area contributed by atoms with E-state index in [1.807, 2.05) is 4.90 Å². The van der Waals surface area contributed by atoms with Crippen LogP contribution in [0.2, 0.25) is 0 Å². The van der Waals surface area contributed by atoms with E-state index in [1.54, 1.807) is 0 Å². The molecule has 1 aromatic rings. The summed E-state index contributed by atoms with van der Waals surface area (Å²) in [5.41, 5.74) is 1.47. The Morgan fingerprint density at radius 3 is 2.85 bits per heavy atom. The van der Waals surface area contributed by atoms with Gasteiger partial charge in [0.1, 0.15) is 12.0 Å². The van der Waals surface area contributed by atoms with E-state index in [2.05, 4.69) is 0 Å². The van der Waals surface area contributed by atoms with Gasteiger partial charge in [-0.2, -0.15) is 0 Å². The summed E-state index contributed by atoms with van der Waals surface area (Å²) < 4.78 is 5.47. The number of ketones is 1. The fraction of sp³-hybridized carbons (Fsp3) is 0.625. The standard InChI is InChI=1S/C16H19NO3/c18-12-3-1-4-13-14(12)11(9-20-13)15(19)17-8-2-5-16(10-17)6-7-16/h9H,1-8,10H2. The number of nitrogens with zero attached hydrogens (tertiary/aromatic N) is 1. The van der Waals surface area contributed by atoms with Crippen molar-refractivity contribution in [2.75, 3.05) is 13.1 Å². The van der Waals surface area contributed by atoms with Gasteiger partial charge in [-0.25, -0.2) is 0 Å². The Kier molecular flexibility index (Phi) is 2.56. The number of hydrogen-bond donors (Lipinski definition) is 0. The Morgan fingerprint density at radius 1 is 1.20 bits per heavy atom. The van der Waals surface area contributed by atoms with Crippen LogP contribution in [0.15, 0.2) is 10.7 Å². The fourth-order valence-electron chi connectivity index (χ4n) is 3.72. The van der Waals surface area contributed by atoms with Gasteiger partial charge < -0.3 is 9.32 Å². The van der Waals surface area contributed by atoms with Gasteiger partial charge in [0, 0.05) is 25.9 Å². The third-order valence-corrected chi connectivity index (χ3v) is 5.09. The molecular formula is C16H19NO3. The van der Waals surface area contributed by atoms with Gasteiger partial charge in [0.05, 0.1) is 11.1 Å². The highest BCUT2D eigenvalue weighted by atomic mass is 16.3. The van der Waals surface area contributed by atoms with E-state index in [9.17, 15) is 9.59 Å². The van der Waals surface area contributed by atoms with Crippen molar-refractivity contribution in [2.45, 2.75) is 44.9 Å². The summed E-state index contributed by atoms with van der Waals surface area (Å²) in [5, 5.41) is 0. The quantitative estimate of drug-likeness (QED) is 0.790. The lowest BCUT2D eigenvalue weighted by Crippen LogP contribution is -2.41. The van der Waals surface area contributed by atoms with Crippen molar-refractivity contribution in [3.05, 3.63) is 23.2 Å². The number of carbonyl (C=O) groups excluding carboxylic acids is 2. The van der Waals surface area contributed by atoms with Crippen LogP contribution in [0.4, 0.5) is 0 Å².